The van der Waals surface area contributed by atoms with E-state index in [1.807, 2.05) is 24.3 Å². The molecular weight excluding hydrogens is 228 g/mol. The highest BCUT2D eigenvalue weighted by Crippen LogP contribution is 2.19. The van der Waals surface area contributed by atoms with Gasteiger partial charge in [-0.2, -0.15) is 0 Å². The van der Waals surface area contributed by atoms with Gasteiger partial charge >= 0.3 is 0 Å². The van der Waals surface area contributed by atoms with Crippen molar-refractivity contribution in [3.63, 3.8) is 0 Å². The fourth-order valence-electron chi connectivity index (χ4n) is 2.43. The second kappa shape index (κ2) is 6.61. The molecule has 18 heavy (non-hydrogen) atoms. The van der Waals surface area contributed by atoms with Crippen LogP contribution in [0.4, 0.5) is 5.69 Å². The third kappa shape index (κ3) is 3.89. The fourth-order valence-corrected chi connectivity index (χ4v) is 2.43. The summed E-state index contributed by atoms with van der Waals surface area (Å²) in [4.78, 5) is 2.40. The summed E-state index contributed by atoms with van der Waals surface area (Å²) in [6.45, 7) is 4.14. The first-order valence-electron chi connectivity index (χ1n) is 6.59. The average Bonchev–Trinajstić information content (AvgIpc) is 2.78. The van der Waals surface area contributed by atoms with Crippen LogP contribution in [0.5, 0.6) is 5.75 Å². The van der Waals surface area contributed by atoms with Crippen LogP contribution in [0.15, 0.2) is 24.3 Å². The van der Waals surface area contributed by atoms with Gasteiger partial charge in [-0.15, -0.1) is 0 Å². The molecule has 0 spiro atoms. The third-order valence-corrected chi connectivity index (χ3v) is 3.44. The van der Waals surface area contributed by atoms with Gasteiger partial charge in [0.1, 0.15) is 12.4 Å². The Morgan fingerprint density at radius 2 is 2.33 bits per heavy atom. The molecule has 0 aliphatic carbocycles. The summed E-state index contributed by atoms with van der Waals surface area (Å²) in [5.41, 5.74) is 6.42. The van der Waals surface area contributed by atoms with E-state index in [1.54, 1.807) is 0 Å². The lowest BCUT2D eigenvalue weighted by Crippen LogP contribution is -2.26. The van der Waals surface area contributed by atoms with Crippen molar-refractivity contribution < 1.29 is 9.84 Å². The largest absolute Gasteiger partial charge is 0.492 e. The van der Waals surface area contributed by atoms with E-state index in [9.17, 15) is 0 Å². The number of likely N-dealkylation sites (tertiary alicyclic amines) is 1. The quantitative estimate of drug-likeness (QED) is 0.748. The zero-order valence-corrected chi connectivity index (χ0v) is 10.7. The molecule has 0 amide bonds. The highest BCUT2D eigenvalue weighted by atomic mass is 16.5. The number of aliphatic hydroxyl groups excluding tert-OH is 1. The maximum Gasteiger partial charge on any atom is 0.121 e. The van der Waals surface area contributed by atoms with Gasteiger partial charge in [0.15, 0.2) is 0 Å². The third-order valence-electron chi connectivity index (χ3n) is 3.44. The molecule has 4 heteroatoms. The molecule has 1 atom stereocenters. The van der Waals surface area contributed by atoms with Crippen LogP contribution in [-0.2, 0) is 0 Å². The second-order valence-corrected chi connectivity index (χ2v) is 4.89. The summed E-state index contributed by atoms with van der Waals surface area (Å²) in [5, 5.41) is 8.91. The van der Waals surface area contributed by atoms with Gasteiger partial charge in [0.25, 0.3) is 0 Å². The molecule has 1 aromatic rings. The van der Waals surface area contributed by atoms with E-state index < -0.39 is 0 Å². The van der Waals surface area contributed by atoms with Crippen molar-refractivity contribution in [2.45, 2.75) is 12.8 Å². The van der Waals surface area contributed by atoms with Crippen molar-refractivity contribution in [3.05, 3.63) is 24.3 Å². The number of anilines is 1. The Balaban J connectivity index is 1.67. The number of aliphatic hydroxyl groups is 1. The van der Waals surface area contributed by atoms with Crippen LogP contribution in [0.3, 0.4) is 0 Å². The van der Waals surface area contributed by atoms with Crippen molar-refractivity contribution >= 4 is 5.69 Å². The summed E-state index contributed by atoms with van der Waals surface area (Å²) in [7, 11) is 0. The fraction of sp³-hybridized carbons (Fsp3) is 0.571. The molecule has 100 valence electrons. The highest BCUT2D eigenvalue weighted by molar-refractivity contribution is 5.43. The van der Waals surface area contributed by atoms with Crippen molar-refractivity contribution in [1.29, 1.82) is 0 Å². The van der Waals surface area contributed by atoms with Crippen LogP contribution in [-0.4, -0.2) is 42.9 Å². The van der Waals surface area contributed by atoms with E-state index >= 15 is 0 Å². The van der Waals surface area contributed by atoms with Crippen LogP contribution in [0.1, 0.15) is 12.8 Å². The first-order valence-corrected chi connectivity index (χ1v) is 6.59. The summed E-state index contributed by atoms with van der Waals surface area (Å²) in [6, 6.07) is 7.53. The number of hydrogen-bond acceptors (Lipinski definition) is 4. The van der Waals surface area contributed by atoms with Crippen LogP contribution in [0, 0.1) is 5.92 Å². The molecule has 2 rings (SSSR count). The Labute approximate surface area is 108 Å². The standard InChI is InChI=1S/C14H22N2O2/c15-13-2-1-3-14(10-13)18-9-7-16-6-4-12(11-16)5-8-17/h1-3,10,12,17H,4-9,11,15H2. The molecule has 1 saturated heterocycles. The first kappa shape index (κ1) is 13.2. The topological polar surface area (TPSA) is 58.7 Å². The first-order chi connectivity index (χ1) is 8.78. The molecule has 1 aliphatic heterocycles. The Hall–Kier alpha value is -1.26. The van der Waals surface area contributed by atoms with Crippen molar-refractivity contribution in [2.24, 2.45) is 5.92 Å². The van der Waals surface area contributed by atoms with Crippen molar-refractivity contribution in [3.8, 4) is 5.75 Å². The van der Waals surface area contributed by atoms with Gasteiger partial charge in [-0.25, -0.2) is 0 Å². The van der Waals surface area contributed by atoms with Gasteiger partial charge in [0.05, 0.1) is 0 Å². The number of hydrogen-bond donors (Lipinski definition) is 2. The molecule has 0 saturated carbocycles. The maximum absolute atomic E-state index is 8.91. The molecule has 4 nitrogen and oxygen atoms in total. The zero-order valence-electron chi connectivity index (χ0n) is 10.7. The highest BCUT2D eigenvalue weighted by Gasteiger charge is 2.21. The Morgan fingerprint density at radius 3 is 3.11 bits per heavy atom. The Bertz CT molecular complexity index is 371. The number of nitrogen functional groups attached to an aromatic ring is 1. The van der Waals surface area contributed by atoms with E-state index in [4.69, 9.17) is 15.6 Å². The monoisotopic (exact) mass is 250 g/mol. The summed E-state index contributed by atoms with van der Waals surface area (Å²) >= 11 is 0. The Kier molecular flexibility index (Phi) is 4.84. The summed E-state index contributed by atoms with van der Waals surface area (Å²) < 4.78 is 5.67. The van der Waals surface area contributed by atoms with Crippen molar-refractivity contribution in [1.82, 2.24) is 4.90 Å². The van der Waals surface area contributed by atoms with Gasteiger partial charge in [0.2, 0.25) is 0 Å². The minimum absolute atomic E-state index is 0.304. The lowest BCUT2D eigenvalue weighted by atomic mass is 10.1. The second-order valence-electron chi connectivity index (χ2n) is 4.89. The van der Waals surface area contributed by atoms with Crippen LogP contribution >= 0.6 is 0 Å². The van der Waals surface area contributed by atoms with E-state index in [0.717, 1.165) is 37.5 Å². The van der Waals surface area contributed by atoms with Crippen LogP contribution < -0.4 is 10.5 Å². The summed E-state index contributed by atoms with van der Waals surface area (Å²) in [5.74, 6) is 1.49. The normalized spacial score (nSPS) is 20.2. The minimum atomic E-state index is 0.304. The van der Waals surface area contributed by atoms with Crippen molar-refractivity contribution in [2.75, 3.05) is 38.6 Å². The van der Waals surface area contributed by atoms with Crippen LogP contribution in [0.25, 0.3) is 0 Å². The molecule has 1 unspecified atom stereocenters. The van der Waals surface area contributed by atoms with Gasteiger partial charge in [-0.3, -0.25) is 4.90 Å². The molecular formula is C14H22N2O2. The van der Waals surface area contributed by atoms with Crippen LogP contribution in [0.2, 0.25) is 0 Å². The van der Waals surface area contributed by atoms with E-state index in [0.29, 0.717) is 19.1 Å². The molecule has 1 aliphatic rings. The zero-order chi connectivity index (χ0) is 12.8. The molecule has 0 bridgehead atoms. The van der Waals surface area contributed by atoms with Gasteiger partial charge in [-0.05, 0) is 37.4 Å². The summed E-state index contributed by atoms with van der Waals surface area (Å²) in [6.07, 6.45) is 2.12. The lowest BCUT2D eigenvalue weighted by Gasteiger charge is -2.16. The molecule has 1 heterocycles. The van der Waals surface area contributed by atoms with Gasteiger partial charge < -0.3 is 15.6 Å². The number of benzene rings is 1. The smallest absolute Gasteiger partial charge is 0.121 e. The predicted octanol–water partition coefficient (Wildman–Crippen LogP) is 1.35. The lowest BCUT2D eigenvalue weighted by molar-refractivity contribution is 0.222. The maximum atomic E-state index is 8.91. The number of nitrogens with zero attached hydrogens (tertiary/aromatic N) is 1. The Morgan fingerprint density at radius 1 is 1.44 bits per heavy atom. The van der Waals surface area contributed by atoms with E-state index in [-0.39, 0.29) is 0 Å². The van der Waals surface area contributed by atoms with E-state index in [1.165, 1.54) is 6.42 Å². The molecule has 0 aromatic heterocycles. The number of nitrogens with two attached hydrogens (primary N) is 1. The van der Waals surface area contributed by atoms with E-state index in [2.05, 4.69) is 4.90 Å². The minimum Gasteiger partial charge on any atom is -0.492 e. The molecule has 1 fully saturated rings. The molecule has 3 N–H and O–H groups in total. The molecule has 1 aromatic carbocycles. The number of ether oxygens (including phenoxy) is 1. The number of rotatable bonds is 6. The average molecular weight is 250 g/mol. The van der Waals surface area contributed by atoms with Gasteiger partial charge in [-0.1, -0.05) is 6.07 Å². The van der Waals surface area contributed by atoms with Gasteiger partial charge in [0, 0.05) is 31.5 Å². The predicted molar refractivity (Wildman–Crippen MR) is 72.6 cm³/mol. The molecule has 0 radical (unpaired) electrons. The SMILES string of the molecule is Nc1cccc(OCCN2CCC(CCO)C2)c1.